The van der Waals surface area contributed by atoms with Gasteiger partial charge in [0.2, 0.25) is 0 Å². The predicted octanol–water partition coefficient (Wildman–Crippen LogP) is -1.02. The Balaban J connectivity index is 3.66. The van der Waals surface area contributed by atoms with Crippen LogP contribution in [0.2, 0.25) is 0 Å². The molecule has 4 unspecified atom stereocenters. The molecule has 0 aromatic carbocycles. The predicted molar refractivity (Wildman–Crippen MR) is 133 cm³/mol. The van der Waals surface area contributed by atoms with Gasteiger partial charge in [-0.1, -0.05) is 0 Å². The summed E-state index contributed by atoms with van der Waals surface area (Å²) in [6.07, 6.45) is -3.03. The van der Waals surface area contributed by atoms with E-state index in [9.17, 15) is 34.5 Å². The number of unbranched alkanes of at least 4 members (excludes halogenated alkanes) is 1. The second-order valence-corrected chi connectivity index (χ2v) is 8.78. The molecule has 1 aromatic heterocycles. The zero-order chi connectivity index (χ0) is 31.7. The third-order valence-electron chi connectivity index (χ3n) is 5.72. The third kappa shape index (κ3) is 11.6. The Morgan fingerprint density at radius 1 is 0.703 bits per heavy atom. The van der Waals surface area contributed by atoms with Gasteiger partial charge in [-0.15, -0.1) is 0 Å². The molecule has 1 aromatic rings. The Morgan fingerprint density at radius 2 is 1.11 bits per heavy atom. The van der Waals surface area contributed by atoms with Crippen LogP contribution in [0.15, 0.2) is 12.4 Å². The van der Waals surface area contributed by atoms with E-state index in [4.69, 9.17) is 33.5 Å². The van der Waals surface area contributed by atoms with Crippen molar-refractivity contribution in [2.24, 2.45) is 22.9 Å². The largest absolute Gasteiger partial charge is 0.480 e. The number of nitrogens with zero attached hydrogens (tertiary/aromatic N) is 1. The molecule has 13 nitrogen and oxygen atoms in total. The molecule has 1 heterocycles. The van der Waals surface area contributed by atoms with Gasteiger partial charge in [0.1, 0.15) is 30.7 Å². The van der Waals surface area contributed by atoms with Gasteiger partial charge in [-0.25, -0.2) is 4.57 Å². The van der Waals surface area contributed by atoms with Crippen molar-refractivity contribution in [2.45, 2.75) is 94.8 Å². The summed E-state index contributed by atoms with van der Waals surface area (Å²) in [5.74, 6) is -5.28. The van der Waals surface area contributed by atoms with Gasteiger partial charge >= 0.3 is 23.9 Å². The number of carbonyl (C=O) groups is 4. The number of aryl methyl sites for hydroxylation is 3. The van der Waals surface area contributed by atoms with Crippen molar-refractivity contribution in [3.8, 4) is 0 Å². The number of carboxylic acid groups (broad SMARTS) is 4. The normalized spacial score (nSPS) is 16.9. The highest BCUT2D eigenvalue weighted by molar-refractivity contribution is 5.74. The minimum atomic E-state index is -2.86. The first-order chi connectivity index (χ1) is 18.8. The lowest BCUT2D eigenvalue weighted by Crippen LogP contribution is -2.37. The average Bonchev–Trinajstić information content (AvgIpc) is 2.86. The van der Waals surface area contributed by atoms with Gasteiger partial charge in [-0.2, -0.15) is 0 Å². The SMILES string of the molecule is [2H]C([2H])(CC(N)C(=O)O)C([2H])([2H])c1c(CCC(N)C(=O)O)c[n+](CCCCC(N)C(=O)O)cc1CCC(N)C(=O)O. The quantitative estimate of drug-likeness (QED) is 0.0789. The van der Waals surface area contributed by atoms with Crippen molar-refractivity contribution in [3.05, 3.63) is 29.1 Å². The summed E-state index contributed by atoms with van der Waals surface area (Å²) >= 11 is 0. The summed E-state index contributed by atoms with van der Waals surface area (Å²) in [6.45, 7) is 0.294. The van der Waals surface area contributed by atoms with Crippen molar-refractivity contribution in [1.29, 1.82) is 0 Å². The number of rotatable bonds is 19. The Kier molecular flexibility index (Phi) is 10.9. The van der Waals surface area contributed by atoms with Gasteiger partial charge in [0.05, 0.1) is 0 Å². The topological polar surface area (TPSA) is 257 Å². The number of aliphatic carboxylic acids is 4. The molecule has 0 saturated carbocycles. The van der Waals surface area contributed by atoms with E-state index in [0.29, 0.717) is 19.4 Å². The molecular formula is C24H40N5O8+. The molecular weight excluding hydrogens is 486 g/mol. The summed E-state index contributed by atoms with van der Waals surface area (Å²) in [5, 5.41) is 36.7. The van der Waals surface area contributed by atoms with E-state index in [-0.39, 0.29) is 48.8 Å². The van der Waals surface area contributed by atoms with Gasteiger partial charge < -0.3 is 43.4 Å². The number of aromatic nitrogens is 1. The smallest absolute Gasteiger partial charge is 0.320 e. The van der Waals surface area contributed by atoms with Crippen LogP contribution >= 0.6 is 0 Å². The third-order valence-corrected chi connectivity index (χ3v) is 5.72. The van der Waals surface area contributed by atoms with Crippen molar-refractivity contribution in [2.75, 3.05) is 0 Å². The molecule has 0 aliphatic carbocycles. The maximum absolute atomic E-state index is 11.3. The molecule has 37 heavy (non-hydrogen) atoms. The van der Waals surface area contributed by atoms with Crippen molar-refractivity contribution in [1.82, 2.24) is 0 Å². The van der Waals surface area contributed by atoms with Gasteiger partial charge in [-0.3, -0.25) is 19.2 Å². The fraction of sp³-hybridized carbons (Fsp3) is 0.625. The molecule has 12 N–H and O–H groups in total. The summed E-state index contributed by atoms with van der Waals surface area (Å²) in [7, 11) is 0. The van der Waals surface area contributed by atoms with Crippen LogP contribution in [0, 0.1) is 0 Å². The molecule has 0 bridgehead atoms. The molecule has 0 radical (unpaired) electrons. The minimum Gasteiger partial charge on any atom is -0.480 e. The number of carboxylic acids is 4. The molecule has 0 amide bonds. The summed E-state index contributed by atoms with van der Waals surface area (Å²) in [5.41, 5.74) is 22.6. The van der Waals surface area contributed by atoms with Crippen molar-refractivity contribution < 1.29 is 49.7 Å². The molecule has 0 aliphatic heterocycles. The second kappa shape index (κ2) is 15.9. The van der Waals surface area contributed by atoms with E-state index in [0.717, 1.165) is 0 Å². The molecule has 1 rings (SSSR count). The van der Waals surface area contributed by atoms with Gasteiger partial charge in [0.15, 0.2) is 12.4 Å². The van der Waals surface area contributed by atoms with E-state index in [2.05, 4.69) is 0 Å². The number of hydrogen-bond donors (Lipinski definition) is 8. The van der Waals surface area contributed by atoms with Crippen molar-refractivity contribution in [3.63, 3.8) is 0 Å². The van der Waals surface area contributed by atoms with E-state index in [1.54, 1.807) is 4.57 Å². The molecule has 13 heteroatoms. The monoisotopic (exact) mass is 530 g/mol. The molecule has 0 aliphatic rings. The van der Waals surface area contributed by atoms with Crippen LogP contribution in [0.1, 0.15) is 67.1 Å². The highest BCUT2D eigenvalue weighted by atomic mass is 16.4. The van der Waals surface area contributed by atoms with Crippen LogP contribution in [0.5, 0.6) is 0 Å². The zero-order valence-corrected chi connectivity index (χ0v) is 20.5. The fourth-order valence-electron chi connectivity index (χ4n) is 3.43. The number of pyridine rings is 1. The number of nitrogens with two attached hydrogens (primary N) is 4. The van der Waals surface area contributed by atoms with Crippen LogP contribution < -0.4 is 27.5 Å². The minimum absolute atomic E-state index is 0.105. The maximum atomic E-state index is 11.3. The Morgan fingerprint density at radius 3 is 1.54 bits per heavy atom. The molecule has 208 valence electrons. The van der Waals surface area contributed by atoms with Crippen LogP contribution in [-0.4, -0.2) is 68.5 Å². The fourth-order valence-corrected chi connectivity index (χ4v) is 3.43. The summed E-state index contributed by atoms with van der Waals surface area (Å²) in [6, 6.07) is -5.41. The highest BCUT2D eigenvalue weighted by Crippen LogP contribution is 2.21. The van der Waals surface area contributed by atoms with E-state index < -0.39 is 67.2 Å². The first kappa shape index (κ1) is 25.5. The Bertz CT molecular complexity index is 1060. The molecule has 4 atom stereocenters. The maximum Gasteiger partial charge on any atom is 0.320 e. The summed E-state index contributed by atoms with van der Waals surface area (Å²) in [4.78, 5) is 45.0. The first-order valence-corrected chi connectivity index (χ1v) is 11.8. The molecule has 0 spiro atoms. The van der Waals surface area contributed by atoms with Gasteiger partial charge in [0.25, 0.3) is 0 Å². The second-order valence-electron chi connectivity index (χ2n) is 8.78. The lowest BCUT2D eigenvalue weighted by molar-refractivity contribution is -0.698. The van der Waals surface area contributed by atoms with Crippen LogP contribution in [0.4, 0.5) is 0 Å². The zero-order valence-electron chi connectivity index (χ0n) is 24.5. The number of hydrogen-bond acceptors (Lipinski definition) is 8. The van der Waals surface area contributed by atoms with E-state index in [1.165, 1.54) is 12.4 Å². The molecule has 0 saturated heterocycles. The first-order valence-electron chi connectivity index (χ1n) is 13.8. The molecule has 0 fully saturated rings. The summed E-state index contributed by atoms with van der Waals surface area (Å²) < 4.78 is 36.2. The highest BCUT2D eigenvalue weighted by Gasteiger charge is 2.22. The Hall–Kier alpha value is -3.13. The van der Waals surface area contributed by atoms with Gasteiger partial charge in [0, 0.05) is 23.0 Å². The van der Waals surface area contributed by atoms with Crippen LogP contribution in [-0.2, 0) is 44.9 Å². The lowest BCUT2D eigenvalue weighted by atomic mass is 9.91. The standard InChI is InChI=1S/C24H39N5O8/c25-17(21(30)31)5-1-2-11-29-12-14(7-9-19(27)23(34)35)16(4-3-6-18(26)22(32)33)15(13-29)8-10-20(28)24(36)37/h12-13,17-20H,1-11,25-28H2,(H3-,30,31,32,33,34,35,36,37)/p+1/i3D2,4D2. The van der Waals surface area contributed by atoms with E-state index >= 15 is 0 Å². The lowest BCUT2D eigenvalue weighted by Gasteiger charge is -2.16. The Labute approximate surface area is 221 Å². The van der Waals surface area contributed by atoms with Crippen LogP contribution in [0.3, 0.4) is 0 Å². The average molecular weight is 531 g/mol. The van der Waals surface area contributed by atoms with E-state index in [1.807, 2.05) is 0 Å². The van der Waals surface area contributed by atoms with Crippen molar-refractivity contribution >= 4 is 23.9 Å². The van der Waals surface area contributed by atoms with Gasteiger partial charge in [-0.05, 0) is 63.3 Å². The van der Waals surface area contributed by atoms with Crippen LogP contribution in [0.25, 0.3) is 0 Å².